The maximum atomic E-state index is 11.2. The molecule has 1 aliphatic heterocycles. The summed E-state index contributed by atoms with van der Waals surface area (Å²) in [4.78, 5) is 11.2. The first-order chi connectivity index (χ1) is 5.49. The molecule has 0 bridgehead atoms. The number of hydrogen-bond acceptors (Lipinski definition) is 3. The molecule has 1 unspecified atom stereocenters. The highest BCUT2D eigenvalue weighted by atomic mass is 79.9. The number of esters is 1. The summed E-state index contributed by atoms with van der Waals surface area (Å²) >= 11 is 3.40. The first kappa shape index (κ1) is 9.99. The van der Waals surface area contributed by atoms with Gasteiger partial charge in [-0.1, -0.05) is 15.9 Å². The predicted molar refractivity (Wildman–Crippen MR) is 50.4 cm³/mol. The van der Waals surface area contributed by atoms with E-state index in [1.165, 1.54) is 0 Å². The molecule has 1 fully saturated rings. The van der Waals surface area contributed by atoms with Gasteiger partial charge in [0, 0.05) is 0 Å². The van der Waals surface area contributed by atoms with Crippen LogP contribution in [0.25, 0.3) is 0 Å². The van der Waals surface area contributed by atoms with Crippen LogP contribution < -0.4 is 5.32 Å². The van der Waals surface area contributed by atoms with E-state index in [0.717, 1.165) is 13.0 Å². The van der Waals surface area contributed by atoms with Gasteiger partial charge in [0.1, 0.15) is 12.6 Å². The Bertz CT molecular complexity index is 172. The monoisotopic (exact) mass is 235 g/mol. The topological polar surface area (TPSA) is 38.3 Å². The van der Waals surface area contributed by atoms with E-state index in [1.54, 1.807) is 0 Å². The molecule has 1 heterocycles. The summed E-state index contributed by atoms with van der Waals surface area (Å²) in [6.07, 6.45) is 0.904. The standard InChI is InChI=1S/C8H14BrNO2/c1-8(2,9)5-12-7(11)6-3-4-10-6/h6,10H,3-5H2,1-2H3. The molecule has 0 aromatic heterocycles. The SMILES string of the molecule is CC(C)(Br)COC(=O)C1CCN1. The molecular weight excluding hydrogens is 222 g/mol. The molecule has 1 atom stereocenters. The van der Waals surface area contributed by atoms with Gasteiger partial charge in [-0.2, -0.15) is 0 Å². The Morgan fingerprint density at radius 3 is 2.67 bits per heavy atom. The second-order valence-electron chi connectivity index (χ2n) is 3.62. The lowest BCUT2D eigenvalue weighted by Gasteiger charge is -2.26. The van der Waals surface area contributed by atoms with Crippen LogP contribution in [0.5, 0.6) is 0 Å². The van der Waals surface area contributed by atoms with Crippen LogP contribution in [0, 0.1) is 0 Å². The molecule has 0 radical (unpaired) electrons. The molecule has 4 heteroatoms. The number of alkyl halides is 1. The fourth-order valence-electron chi connectivity index (χ4n) is 0.833. The summed E-state index contributed by atoms with van der Waals surface area (Å²) in [6, 6.07) is -0.0557. The maximum Gasteiger partial charge on any atom is 0.323 e. The summed E-state index contributed by atoms with van der Waals surface area (Å²) < 4.78 is 4.94. The smallest absolute Gasteiger partial charge is 0.323 e. The zero-order valence-electron chi connectivity index (χ0n) is 7.39. The first-order valence-corrected chi connectivity index (χ1v) is 4.87. The quantitative estimate of drug-likeness (QED) is 0.588. The van der Waals surface area contributed by atoms with Gasteiger partial charge in [-0.15, -0.1) is 0 Å². The van der Waals surface area contributed by atoms with Crippen molar-refractivity contribution in [1.82, 2.24) is 5.32 Å². The van der Waals surface area contributed by atoms with E-state index in [2.05, 4.69) is 21.2 Å². The minimum Gasteiger partial charge on any atom is -0.463 e. The zero-order valence-corrected chi connectivity index (χ0v) is 8.98. The Kier molecular flexibility index (Phi) is 3.12. The number of ether oxygens (including phenoxy) is 1. The molecule has 3 nitrogen and oxygen atoms in total. The fraction of sp³-hybridized carbons (Fsp3) is 0.875. The van der Waals surface area contributed by atoms with Crippen LogP contribution in [0.2, 0.25) is 0 Å². The molecule has 0 aliphatic carbocycles. The molecule has 0 aromatic rings. The van der Waals surface area contributed by atoms with Gasteiger partial charge >= 0.3 is 5.97 Å². The number of carbonyl (C=O) groups is 1. The first-order valence-electron chi connectivity index (χ1n) is 4.08. The van der Waals surface area contributed by atoms with E-state index in [1.807, 2.05) is 13.8 Å². The Hall–Kier alpha value is -0.0900. The highest BCUT2D eigenvalue weighted by Gasteiger charge is 2.27. The molecule has 12 heavy (non-hydrogen) atoms. The van der Waals surface area contributed by atoms with Crippen LogP contribution in [0.1, 0.15) is 20.3 Å². The van der Waals surface area contributed by atoms with Crippen molar-refractivity contribution in [3.05, 3.63) is 0 Å². The van der Waals surface area contributed by atoms with Crippen LogP contribution in [0.3, 0.4) is 0 Å². The lowest BCUT2D eigenvalue weighted by atomic mass is 10.1. The van der Waals surface area contributed by atoms with E-state index < -0.39 is 0 Å². The van der Waals surface area contributed by atoms with E-state index >= 15 is 0 Å². The van der Waals surface area contributed by atoms with Crippen molar-refractivity contribution < 1.29 is 9.53 Å². The van der Waals surface area contributed by atoms with Crippen LogP contribution in [-0.2, 0) is 9.53 Å². The van der Waals surface area contributed by atoms with E-state index in [-0.39, 0.29) is 16.3 Å². The second kappa shape index (κ2) is 3.75. The third-order valence-corrected chi connectivity index (χ3v) is 1.89. The second-order valence-corrected chi connectivity index (χ2v) is 5.77. The Balaban J connectivity index is 2.18. The summed E-state index contributed by atoms with van der Waals surface area (Å²) in [6.45, 7) is 5.28. The Morgan fingerprint density at radius 2 is 2.33 bits per heavy atom. The Labute approximate surface area is 81.0 Å². The van der Waals surface area contributed by atoms with Crippen molar-refractivity contribution in [2.75, 3.05) is 13.2 Å². The third-order valence-electron chi connectivity index (χ3n) is 1.67. The molecule has 0 aromatic carbocycles. The van der Waals surface area contributed by atoms with Crippen molar-refractivity contribution in [3.63, 3.8) is 0 Å². The van der Waals surface area contributed by atoms with Gasteiger partial charge in [0.15, 0.2) is 0 Å². The molecule has 70 valence electrons. The summed E-state index contributed by atoms with van der Waals surface area (Å²) in [7, 11) is 0. The largest absolute Gasteiger partial charge is 0.463 e. The van der Waals surface area contributed by atoms with Crippen LogP contribution in [0.15, 0.2) is 0 Å². The van der Waals surface area contributed by atoms with Crippen molar-refractivity contribution in [2.45, 2.75) is 30.6 Å². The van der Waals surface area contributed by atoms with Gasteiger partial charge < -0.3 is 10.1 Å². The van der Waals surface area contributed by atoms with Gasteiger partial charge in [0.05, 0.1) is 4.32 Å². The lowest BCUT2D eigenvalue weighted by molar-refractivity contribution is -0.148. The highest BCUT2D eigenvalue weighted by molar-refractivity contribution is 9.10. The molecular formula is C8H14BrNO2. The molecule has 0 spiro atoms. The number of rotatable bonds is 3. The van der Waals surface area contributed by atoms with Crippen molar-refractivity contribution >= 4 is 21.9 Å². The zero-order chi connectivity index (χ0) is 9.19. The van der Waals surface area contributed by atoms with Gasteiger partial charge in [-0.05, 0) is 26.8 Å². The van der Waals surface area contributed by atoms with Crippen molar-refractivity contribution in [3.8, 4) is 0 Å². The van der Waals surface area contributed by atoms with E-state index in [0.29, 0.717) is 6.61 Å². The van der Waals surface area contributed by atoms with Gasteiger partial charge in [-0.25, -0.2) is 0 Å². The third kappa shape index (κ3) is 3.11. The van der Waals surface area contributed by atoms with Crippen LogP contribution >= 0.6 is 15.9 Å². The Morgan fingerprint density at radius 1 is 1.75 bits per heavy atom. The molecule has 1 aliphatic rings. The molecule has 1 N–H and O–H groups in total. The molecule has 0 amide bonds. The van der Waals surface area contributed by atoms with Crippen molar-refractivity contribution in [1.29, 1.82) is 0 Å². The molecule has 0 saturated carbocycles. The van der Waals surface area contributed by atoms with Crippen molar-refractivity contribution in [2.24, 2.45) is 0 Å². The van der Waals surface area contributed by atoms with Gasteiger partial charge in [-0.3, -0.25) is 4.79 Å². The normalized spacial score (nSPS) is 23.1. The van der Waals surface area contributed by atoms with Crippen LogP contribution in [0.4, 0.5) is 0 Å². The average Bonchev–Trinajstić information content (AvgIpc) is 1.78. The lowest BCUT2D eigenvalue weighted by Crippen LogP contribution is -2.49. The van der Waals surface area contributed by atoms with E-state index in [9.17, 15) is 4.79 Å². The molecule has 1 saturated heterocycles. The summed E-state index contributed by atoms with van der Waals surface area (Å²) in [5.41, 5.74) is 0. The van der Waals surface area contributed by atoms with Gasteiger partial charge in [0.2, 0.25) is 0 Å². The number of halogens is 1. The summed E-state index contributed by atoms with van der Waals surface area (Å²) in [5, 5.41) is 2.99. The van der Waals surface area contributed by atoms with Crippen LogP contribution in [-0.4, -0.2) is 29.5 Å². The van der Waals surface area contributed by atoms with E-state index in [4.69, 9.17) is 4.74 Å². The fourth-order valence-corrected chi connectivity index (χ4v) is 0.948. The summed E-state index contributed by atoms with van der Waals surface area (Å²) in [5.74, 6) is -0.131. The number of hydrogen-bond donors (Lipinski definition) is 1. The maximum absolute atomic E-state index is 11.2. The van der Waals surface area contributed by atoms with Gasteiger partial charge in [0.25, 0.3) is 0 Å². The number of carbonyl (C=O) groups excluding carboxylic acids is 1. The molecule has 1 rings (SSSR count). The average molecular weight is 236 g/mol. The number of nitrogens with one attached hydrogen (secondary N) is 1. The predicted octanol–water partition coefficient (Wildman–Crippen LogP) is 1.06. The minimum absolute atomic E-state index is 0.0557. The highest BCUT2D eigenvalue weighted by Crippen LogP contribution is 2.16. The minimum atomic E-state index is -0.131.